The molecule has 0 aromatic rings. The van der Waals surface area contributed by atoms with Crippen LogP contribution in [0.5, 0.6) is 0 Å². The summed E-state index contributed by atoms with van der Waals surface area (Å²) in [5.74, 6) is -5.47. The zero-order valence-corrected chi connectivity index (χ0v) is 32.3. The van der Waals surface area contributed by atoms with Gasteiger partial charge >= 0.3 is 0 Å². The van der Waals surface area contributed by atoms with Gasteiger partial charge in [-0.2, -0.15) is 0 Å². The summed E-state index contributed by atoms with van der Waals surface area (Å²) in [5, 5.41) is 19.0. The number of hydrogen-bond acceptors (Lipinski definition) is 12. The normalized spacial score (nSPS) is 10.2. The van der Waals surface area contributed by atoms with Gasteiger partial charge < -0.3 is 42.5 Å². The van der Waals surface area contributed by atoms with Crippen LogP contribution >= 0.6 is 0 Å². The fraction of sp³-hybridized carbons (Fsp3) is 0.529. The maximum absolute atomic E-state index is 11.7. The maximum Gasteiger partial charge on any atom is 0.244 e. The number of ketones is 4. The highest BCUT2D eigenvalue weighted by atomic mass is 16.2. The van der Waals surface area contributed by atoms with Gasteiger partial charge in [0.1, 0.15) is 23.1 Å². The Balaban J connectivity index is -0.000000375. The van der Waals surface area contributed by atoms with E-state index in [1.54, 1.807) is 0 Å². The zero-order chi connectivity index (χ0) is 42.8. The molecule has 0 saturated carbocycles. The second kappa shape index (κ2) is 34.0. The third-order valence-corrected chi connectivity index (χ3v) is 6.27. The minimum atomic E-state index is -0.886. The minimum absolute atomic E-state index is 0.00347. The average Bonchev–Trinajstić information content (AvgIpc) is 3.11. The van der Waals surface area contributed by atoms with E-state index in [-0.39, 0.29) is 98.6 Å². The molecule has 8 N–H and O–H groups in total. The van der Waals surface area contributed by atoms with Gasteiger partial charge in [0, 0.05) is 41.0 Å². The Morgan fingerprint density at radius 3 is 0.963 bits per heavy atom. The van der Waals surface area contributed by atoms with Crippen LogP contribution in [0.1, 0.15) is 66.2 Å². The van der Waals surface area contributed by atoms with Crippen LogP contribution in [0.4, 0.5) is 0 Å². The molecule has 2 unspecified atom stereocenters. The number of amides is 8. The van der Waals surface area contributed by atoms with Crippen molar-refractivity contribution in [3.63, 3.8) is 0 Å². The molecule has 0 spiro atoms. The van der Waals surface area contributed by atoms with Crippen molar-refractivity contribution in [2.75, 3.05) is 41.5 Å². The fourth-order valence-electron chi connectivity index (χ4n) is 3.35. The van der Waals surface area contributed by atoms with Gasteiger partial charge in [-0.25, -0.2) is 0 Å². The Morgan fingerprint density at radius 1 is 0.463 bits per heavy atom. The molecule has 8 amide bonds. The Kier molecular flexibility index (Phi) is 34.5. The lowest BCUT2D eigenvalue weighted by Gasteiger charge is -2.13. The summed E-state index contributed by atoms with van der Waals surface area (Å²) < 4.78 is 0. The smallest absolute Gasteiger partial charge is 0.244 e. The van der Waals surface area contributed by atoms with Gasteiger partial charge in [0.25, 0.3) is 0 Å². The van der Waals surface area contributed by atoms with Crippen LogP contribution in [-0.2, 0) is 57.5 Å². The minimum Gasteiger partial charge on any atom is -0.359 e. The summed E-state index contributed by atoms with van der Waals surface area (Å²) in [6, 6.07) is 0. The Hall–Kier alpha value is -6.08. The lowest BCUT2D eigenvalue weighted by Crippen LogP contribution is -2.39. The first kappa shape index (κ1) is 54.7. The van der Waals surface area contributed by atoms with E-state index >= 15 is 0 Å². The molecule has 0 aliphatic rings. The number of carbonyl (C=O) groups is 12. The molecule has 0 aliphatic carbocycles. The SMILES string of the molecule is C=CC(=O)NCNC(=O)C=C.CNC(=O)C(CCC(=O)NCNC(=O)CCC(C(C)=O)C(=O)NC)C(C)=O.CNC(=O)CC(C)=O.CNC(=O)CC(C)=O. The second-order valence-corrected chi connectivity index (χ2v) is 10.8. The summed E-state index contributed by atoms with van der Waals surface area (Å²) in [5.41, 5.74) is 0. The van der Waals surface area contributed by atoms with Crippen molar-refractivity contribution in [2.45, 2.75) is 66.2 Å². The van der Waals surface area contributed by atoms with Crippen LogP contribution in [0, 0.1) is 11.8 Å². The van der Waals surface area contributed by atoms with E-state index in [0.29, 0.717) is 0 Å². The molecule has 54 heavy (non-hydrogen) atoms. The van der Waals surface area contributed by atoms with Crippen LogP contribution in [0.15, 0.2) is 25.3 Å². The second-order valence-electron chi connectivity index (χ2n) is 10.8. The largest absolute Gasteiger partial charge is 0.359 e. The van der Waals surface area contributed by atoms with E-state index in [4.69, 9.17) is 0 Å². The lowest BCUT2D eigenvalue weighted by molar-refractivity contribution is -0.135. The van der Waals surface area contributed by atoms with Crippen molar-refractivity contribution in [1.29, 1.82) is 0 Å². The third kappa shape index (κ3) is 34.4. The molecule has 0 heterocycles. The van der Waals surface area contributed by atoms with Crippen molar-refractivity contribution < 1.29 is 57.5 Å². The van der Waals surface area contributed by atoms with Crippen molar-refractivity contribution in [3.8, 4) is 0 Å². The zero-order valence-electron chi connectivity index (χ0n) is 32.3. The molecule has 304 valence electrons. The topological polar surface area (TPSA) is 301 Å². The van der Waals surface area contributed by atoms with Crippen LogP contribution in [0.3, 0.4) is 0 Å². The molecule has 0 rings (SSSR count). The molecule has 20 heteroatoms. The number of rotatable bonds is 20. The first-order valence-corrected chi connectivity index (χ1v) is 16.4. The monoisotopic (exact) mass is 768 g/mol. The molecule has 0 aliphatic heterocycles. The number of hydrogen-bond donors (Lipinski definition) is 8. The lowest BCUT2D eigenvalue weighted by atomic mass is 9.98. The highest BCUT2D eigenvalue weighted by molar-refractivity contribution is 6.01. The van der Waals surface area contributed by atoms with Gasteiger partial charge in [-0.3, -0.25) is 57.5 Å². The van der Waals surface area contributed by atoms with Gasteiger partial charge in [-0.15, -0.1) is 0 Å². The van der Waals surface area contributed by atoms with Crippen LogP contribution in [-0.4, -0.2) is 112 Å². The van der Waals surface area contributed by atoms with E-state index in [2.05, 4.69) is 55.7 Å². The van der Waals surface area contributed by atoms with Gasteiger partial charge in [-0.05, 0) is 52.7 Å². The first-order chi connectivity index (χ1) is 25.2. The summed E-state index contributed by atoms with van der Waals surface area (Å²) >= 11 is 0. The molecule has 0 radical (unpaired) electrons. The summed E-state index contributed by atoms with van der Waals surface area (Å²) in [6.07, 6.45) is 2.29. The number of carbonyl (C=O) groups excluding carboxylic acids is 12. The van der Waals surface area contributed by atoms with Crippen LogP contribution < -0.4 is 42.5 Å². The molecule has 0 fully saturated rings. The quantitative estimate of drug-likeness (QED) is 0.0366. The average molecular weight is 769 g/mol. The number of nitrogens with one attached hydrogen (secondary N) is 8. The van der Waals surface area contributed by atoms with Crippen LogP contribution in [0.2, 0.25) is 0 Å². The van der Waals surface area contributed by atoms with Crippen molar-refractivity contribution in [1.82, 2.24) is 42.5 Å². The van der Waals surface area contributed by atoms with Gasteiger partial charge in [0.15, 0.2) is 0 Å². The molecule has 20 nitrogen and oxygen atoms in total. The predicted octanol–water partition coefficient (Wildman–Crippen LogP) is -2.39. The first-order valence-electron chi connectivity index (χ1n) is 16.4. The summed E-state index contributed by atoms with van der Waals surface area (Å²) in [4.78, 5) is 131. The predicted molar refractivity (Wildman–Crippen MR) is 196 cm³/mol. The van der Waals surface area contributed by atoms with E-state index in [1.807, 2.05) is 0 Å². The molecular weight excluding hydrogens is 712 g/mol. The van der Waals surface area contributed by atoms with E-state index in [9.17, 15) is 57.5 Å². The third-order valence-electron chi connectivity index (χ3n) is 6.27. The highest BCUT2D eigenvalue weighted by Crippen LogP contribution is 2.09. The highest BCUT2D eigenvalue weighted by Gasteiger charge is 2.24. The summed E-state index contributed by atoms with van der Waals surface area (Å²) in [7, 11) is 5.83. The molecule has 0 aromatic heterocycles. The summed E-state index contributed by atoms with van der Waals surface area (Å²) in [6.45, 7) is 11.8. The molecule has 0 bridgehead atoms. The Morgan fingerprint density at radius 2 is 0.759 bits per heavy atom. The van der Waals surface area contributed by atoms with Gasteiger partial charge in [-0.1, -0.05) is 13.2 Å². The van der Waals surface area contributed by atoms with E-state index in [0.717, 1.165) is 12.2 Å². The van der Waals surface area contributed by atoms with Crippen molar-refractivity contribution in [3.05, 3.63) is 25.3 Å². The Labute approximate surface area is 315 Å². The van der Waals surface area contributed by atoms with E-state index < -0.39 is 35.5 Å². The number of Topliss-reactive ketones (excluding diaryl/α,β-unsaturated/α-hetero) is 4. The van der Waals surface area contributed by atoms with E-state index in [1.165, 1.54) is 55.9 Å². The van der Waals surface area contributed by atoms with Crippen molar-refractivity contribution >= 4 is 70.4 Å². The molecule has 2 atom stereocenters. The van der Waals surface area contributed by atoms with Crippen LogP contribution in [0.25, 0.3) is 0 Å². The Bertz CT molecular complexity index is 1250. The molecule has 0 aromatic carbocycles. The fourth-order valence-corrected chi connectivity index (χ4v) is 3.35. The van der Waals surface area contributed by atoms with Gasteiger partial charge in [0.2, 0.25) is 47.3 Å². The molecule has 0 saturated heterocycles. The standard InChI is InChI=1S/C17H28N4O6.C7H10N2O2.2C5H9NO2/c1-10(22)12(16(26)18-3)5-7-14(24)20-9-21-15(25)8-6-13(11(2)23)17(27)19-4;1-3-6(10)8-5-9-7(11)4-2;2*1-4(7)3-5(8)6-2/h12-13H,5-9H2,1-4H3,(H,18,26)(H,19,27)(H,20,24)(H,21,25);3-4H,1-2,5H2,(H,8,10)(H,9,11);2*3H2,1-2H3,(H,6,8). The molecular formula is C34H56N8O12. The van der Waals surface area contributed by atoms with Gasteiger partial charge in [0.05, 0.1) is 38.0 Å². The maximum atomic E-state index is 11.7. The van der Waals surface area contributed by atoms with Crippen molar-refractivity contribution in [2.24, 2.45) is 11.8 Å².